The average Bonchev–Trinajstić information content (AvgIpc) is 2.99. The summed E-state index contributed by atoms with van der Waals surface area (Å²) in [5.74, 6) is 0. The summed E-state index contributed by atoms with van der Waals surface area (Å²) in [6.07, 6.45) is 4.73. The number of thiophene rings is 1. The first kappa shape index (κ1) is 12.9. The number of nitrogens with two attached hydrogens (primary N) is 1. The molecule has 0 unspecified atom stereocenters. The molecule has 20 heavy (non-hydrogen) atoms. The van der Waals surface area contributed by atoms with Gasteiger partial charge in [0, 0.05) is 53.0 Å². The molecule has 0 saturated heterocycles. The second-order valence-electron chi connectivity index (χ2n) is 4.85. The fourth-order valence-corrected chi connectivity index (χ4v) is 3.08. The summed E-state index contributed by atoms with van der Waals surface area (Å²) < 4.78 is 0. The Hall–Kier alpha value is -2.07. The highest BCUT2D eigenvalue weighted by Crippen LogP contribution is 2.29. The van der Waals surface area contributed by atoms with E-state index in [0.29, 0.717) is 0 Å². The van der Waals surface area contributed by atoms with Crippen molar-refractivity contribution in [3.63, 3.8) is 0 Å². The molecule has 3 aromatic rings. The number of nitrogen functional groups attached to an aromatic ring is 1. The van der Waals surface area contributed by atoms with Crippen molar-refractivity contribution in [3.05, 3.63) is 53.0 Å². The average molecular weight is 283 g/mol. The monoisotopic (exact) mass is 283 g/mol. The van der Waals surface area contributed by atoms with E-state index in [0.717, 1.165) is 29.4 Å². The first-order chi connectivity index (χ1) is 9.75. The van der Waals surface area contributed by atoms with Gasteiger partial charge in [-0.3, -0.25) is 4.98 Å². The van der Waals surface area contributed by atoms with Crippen LogP contribution in [0.5, 0.6) is 0 Å². The van der Waals surface area contributed by atoms with Gasteiger partial charge in [-0.05, 0) is 36.1 Å². The predicted molar refractivity (Wildman–Crippen MR) is 87.4 cm³/mol. The zero-order chi connectivity index (χ0) is 13.9. The molecule has 0 amide bonds. The number of nitrogens with zero attached hydrogens (tertiary/aromatic N) is 2. The van der Waals surface area contributed by atoms with Crippen molar-refractivity contribution in [1.29, 1.82) is 0 Å². The highest BCUT2D eigenvalue weighted by Gasteiger charge is 2.08. The molecule has 102 valence electrons. The molecule has 3 rings (SSSR count). The van der Waals surface area contributed by atoms with Crippen LogP contribution in [0.15, 0.2) is 48.1 Å². The van der Waals surface area contributed by atoms with Crippen LogP contribution in [0.4, 0.5) is 11.4 Å². The Morgan fingerprint density at radius 1 is 1.20 bits per heavy atom. The van der Waals surface area contributed by atoms with E-state index < -0.39 is 0 Å². The van der Waals surface area contributed by atoms with Gasteiger partial charge in [0.1, 0.15) is 0 Å². The van der Waals surface area contributed by atoms with Crippen molar-refractivity contribution in [1.82, 2.24) is 4.98 Å². The number of likely N-dealkylation sites (N-methyl/N-ethyl adjacent to an activating group) is 1. The first-order valence-corrected chi connectivity index (χ1v) is 7.49. The number of fused-ring (bicyclic) bond motifs is 1. The zero-order valence-electron chi connectivity index (χ0n) is 11.4. The Morgan fingerprint density at radius 2 is 2.10 bits per heavy atom. The lowest BCUT2D eigenvalue weighted by atomic mass is 10.1. The van der Waals surface area contributed by atoms with Gasteiger partial charge in [0.2, 0.25) is 0 Å². The second kappa shape index (κ2) is 5.51. The third kappa shape index (κ3) is 2.47. The topological polar surface area (TPSA) is 42.1 Å². The highest BCUT2D eigenvalue weighted by atomic mass is 32.1. The summed E-state index contributed by atoms with van der Waals surface area (Å²) in [7, 11) is 2.12. The largest absolute Gasteiger partial charge is 0.398 e. The molecule has 1 aromatic carbocycles. The van der Waals surface area contributed by atoms with E-state index in [2.05, 4.69) is 40.5 Å². The third-order valence-electron chi connectivity index (χ3n) is 3.51. The maximum Gasteiger partial charge on any atom is 0.0460 e. The summed E-state index contributed by atoms with van der Waals surface area (Å²) in [5.41, 5.74) is 8.01. The van der Waals surface area contributed by atoms with Gasteiger partial charge in [-0.25, -0.2) is 0 Å². The van der Waals surface area contributed by atoms with E-state index in [1.54, 1.807) is 6.20 Å². The summed E-state index contributed by atoms with van der Waals surface area (Å²) in [5, 5.41) is 4.30. The second-order valence-corrected chi connectivity index (χ2v) is 5.88. The minimum Gasteiger partial charge on any atom is -0.398 e. The maximum atomic E-state index is 6.03. The zero-order valence-corrected chi connectivity index (χ0v) is 12.2. The normalized spacial score (nSPS) is 10.8. The van der Waals surface area contributed by atoms with Gasteiger partial charge in [-0.2, -0.15) is 0 Å². The van der Waals surface area contributed by atoms with Crippen molar-refractivity contribution in [2.24, 2.45) is 0 Å². The van der Waals surface area contributed by atoms with E-state index in [9.17, 15) is 0 Å². The molecule has 2 N–H and O–H groups in total. The van der Waals surface area contributed by atoms with Crippen LogP contribution in [0.2, 0.25) is 0 Å². The minimum absolute atomic E-state index is 0.804. The summed E-state index contributed by atoms with van der Waals surface area (Å²) in [6.45, 7) is 0.981. The van der Waals surface area contributed by atoms with Gasteiger partial charge in [0.05, 0.1) is 0 Å². The van der Waals surface area contributed by atoms with Crippen LogP contribution in [-0.2, 0) is 6.42 Å². The molecule has 0 radical (unpaired) electrons. The minimum atomic E-state index is 0.804. The standard InChI is InChI=1S/C16H17N3S/c1-19(9-7-12-3-2-10-20-12)16-5-4-15(17)13-6-8-18-11-14(13)16/h2-6,8,10-11H,7,9,17H2,1H3. The molecule has 0 spiro atoms. The molecular formula is C16H17N3S. The summed E-state index contributed by atoms with van der Waals surface area (Å²) in [4.78, 5) is 7.91. The Morgan fingerprint density at radius 3 is 2.90 bits per heavy atom. The van der Waals surface area contributed by atoms with E-state index in [1.807, 2.05) is 29.7 Å². The summed E-state index contributed by atoms with van der Waals surface area (Å²) >= 11 is 1.81. The fraction of sp³-hybridized carbons (Fsp3) is 0.188. The molecule has 0 aliphatic rings. The molecule has 4 heteroatoms. The number of benzene rings is 1. The fourth-order valence-electron chi connectivity index (χ4n) is 2.38. The highest BCUT2D eigenvalue weighted by molar-refractivity contribution is 7.09. The Labute approximate surface area is 122 Å². The third-order valence-corrected chi connectivity index (χ3v) is 4.45. The van der Waals surface area contributed by atoms with Crippen LogP contribution in [0.3, 0.4) is 0 Å². The van der Waals surface area contributed by atoms with E-state index in [-0.39, 0.29) is 0 Å². The van der Waals surface area contributed by atoms with E-state index in [1.165, 1.54) is 10.6 Å². The molecule has 0 saturated carbocycles. The number of rotatable bonds is 4. The lowest BCUT2D eigenvalue weighted by molar-refractivity contribution is 0.891. The van der Waals surface area contributed by atoms with Crippen LogP contribution < -0.4 is 10.6 Å². The van der Waals surface area contributed by atoms with Crippen LogP contribution in [0.1, 0.15) is 4.88 Å². The number of pyridine rings is 1. The molecule has 0 aliphatic carbocycles. The van der Waals surface area contributed by atoms with Crippen molar-refractivity contribution in [2.75, 3.05) is 24.2 Å². The smallest absolute Gasteiger partial charge is 0.0460 e. The number of hydrogen-bond donors (Lipinski definition) is 1. The van der Waals surface area contributed by atoms with Crippen molar-refractivity contribution >= 4 is 33.5 Å². The Kier molecular flexibility index (Phi) is 3.56. The molecular weight excluding hydrogens is 266 g/mol. The lowest BCUT2D eigenvalue weighted by Gasteiger charge is -2.21. The van der Waals surface area contributed by atoms with E-state index >= 15 is 0 Å². The van der Waals surface area contributed by atoms with Crippen LogP contribution in [0.25, 0.3) is 10.8 Å². The van der Waals surface area contributed by atoms with Crippen molar-refractivity contribution in [2.45, 2.75) is 6.42 Å². The first-order valence-electron chi connectivity index (χ1n) is 6.61. The SMILES string of the molecule is CN(CCc1cccs1)c1ccc(N)c2ccncc12. The predicted octanol–water partition coefficient (Wildman–Crippen LogP) is 3.56. The van der Waals surface area contributed by atoms with E-state index in [4.69, 9.17) is 5.73 Å². The molecule has 0 atom stereocenters. The molecule has 2 heterocycles. The Balaban J connectivity index is 1.88. The van der Waals surface area contributed by atoms with Crippen molar-refractivity contribution in [3.8, 4) is 0 Å². The van der Waals surface area contributed by atoms with Gasteiger partial charge in [-0.15, -0.1) is 11.3 Å². The van der Waals surface area contributed by atoms with Crippen LogP contribution in [0, 0.1) is 0 Å². The molecule has 0 bridgehead atoms. The molecule has 0 aliphatic heterocycles. The Bertz CT molecular complexity index is 707. The molecule has 3 nitrogen and oxygen atoms in total. The number of hydrogen-bond acceptors (Lipinski definition) is 4. The maximum absolute atomic E-state index is 6.03. The van der Waals surface area contributed by atoms with Gasteiger partial charge in [0.25, 0.3) is 0 Å². The quantitative estimate of drug-likeness (QED) is 0.744. The van der Waals surface area contributed by atoms with Gasteiger partial charge >= 0.3 is 0 Å². The molecule has 0 fully saturated rings. The van der Waals surface area contributed by atoms with Gasteiger partial charge in [-0.1, -0.05) is 6.07 Å². The van der Waals surface area contributed by atoms with Gasteiger partial charge in [0.15, 0.2) is 0 Å². The number of anilines is 2. The lowest BCUT2D eigenvalue weighted by Crippen LogP contribution is -2.20. The summed E-state index contributed by atoms with van der Waals surface area (Å²) in [6, 6.07) is 10.3. The number of aromatic nitrogens is 1. The van der Waals surface area contributed by atoms with Crippen molar-refractivity contribution < 1.29 is 0 Å². The van der Waals surface area contributed by atoms with Crippen LogP contribution >= 0.6 is 11.3 Å². The van der Waals surface area contributed by atoms with Gasteiger partial charge < -0.3 is 10.6 Å². The molecule has 2 aromatic heterocycles. The van der Waals surface area contributed by atoms with Crippen LogP contribution in [-0.4, -0.2) is 18.6 Å².